The minimum atomic E-state index is -0.641. The molecule has 0 spiro atoms. The molecule has 0 aliphatic carbocycles. The fraction of sp³-hybridized carbons (Fsp3) is 0.385. The normalized spacial score (nSPS) is 12.3. The van der Waals surface area contributed by atoms with Gasteiger partial charge in [-0.05, 0) is 50.1 Å². The maximum Gasteiger partial charge on any atom is 0.335 e. The van der Waals surface area contributed by atoms with Gasteiger partial charge in [0.1, 0.15) is 19.0 Å². The van der Waals surface area contributed by atoms with E-state index < -0.39 is 6.10 Å². The molecule has 3 rings (SSSR count). The summed E-state index contributed by atoms with van der Waals surface area (Å²) in [5, 5.41) is 12.4. The zero-order chi connectivity index (χ0) is 24.9. The van der Waals surface area contributed by atoms with E-state index in [1.807, 2.05) is 68.4 Å². The molecule has 0 radical (unpaired) electrons. The summed E-state index contributed by atoms with van der Waals surface area (Å²) in [6.07, 6.45) is 0.583. The summed E-state index contributed by atoms with van der Waals surface area (Å²) in [5.41, 5.74) is 2.12. The number of aromatic nitrogens is 2. The summed E-state index contributed by atoms with van der Waals surface area (Å²) in [5.74, 6) is 0.866. The van der Waals surface area contributed by atoms with Crippen molar-refractivity contribution in [1.82, 2.24) is 10.2 Å². The molecule has 0 amide bonds. The van der Waals surface area contributed by atoms with Gasteiger partial charge in [-0.25, -0.2) is 4.79 Å². The topological polar surface area (TPSA) is 105 Å². The first-order chi connectivity index (χ1) is 17.1. The van der Waals surface area contributed by atoms with Gasteiger partial charge in [0.2, 0.25) is 5.89 Å². The van der Waals surface area contributed by atoms with Crippen LogP contribution in [0.5, 0.6) is 5.75 Å². The number of carbonyl (C=O) groups is 1. The minimum Gasteiger partial charge on any atom is -0.487 e. The van der Waals surface area contributed by atoms with Gasteiger partial charge in [0.05, 0.1) is 6.61 Å². The van der Waals surface area contributed by atoms with Gasteiger partial charge in [-0.2, -0.15) is 0 Å². The fourth-order valence-electron chi connectivity index (χ4n) is 3.11. The predicted molar refractivity (Wildman–Crippen MR) is 130 cm³/mol. The number of esters is 1. The van der Waals surface area contributed by atoms with E-state index in [1.165, 1.54) is 0 Å². The molecule has 0 saturated heterocycles. The van der Waals surface area contributed by atoms with Crippen LogP contribution in [0.2, 0.25) is 0 Å². The third kappa shape index (κ3) is 7.92. The maximum atomic E-state index is 12.1. The number of hydrogen-bond donors (Lipinski definition) is 0. The number of benzene rings is 2. The standard InChI is InChI=1S/C26H31N3O6/c1-4-16-34-29-22(25-28-27-24(35-25)20-10-8-7-9-11-20)18-33-21-14-12-19(13-15-21)17-23(31-5-2)26(30)32-6-3/h7-15,23H,4-6,16-18H2,1-3H3. The van der Waals surface area contributed by atoms with Crippen LogP contribution in [-0.4, -0.2) is 54.4 Å². The SMILES string of the molecule is CCCON=C(COc1ccc(CC(OCC)C(=O)OCC)cc1)c1nnc(-c2ccccc2)o1. The lowest BCUT2D eigenvalue weighted by Crippen LogP contribution is -2.28. The average Bonchev–Trinajstić information content (AvgIpc) is 3.37. The van der Waals surface area contributed by atoms with Crippen LogP contribution in [0.1, 0.15) is 38.6 Å². The number of carbonyl (C=O) groups excluding carboxylic acids is 1. The Kier molecular flexibility index (Phi) is 10.3. The van der Waals surface area contributed by atoms with Crippen molar-refractivity contribution in [2.24, 2.45) is 5.16 Å². The van der Waals surface area contributed by atoms with Gasteiger partial charge in [-0.15, -0.1) is 10.2 Å². The summed E-state index contributed by atoms with van der Waals surface area (Å²) >= 11 is 0. The van der Waals surface area contributed by atoms with Crippen molar-refractivity contribution >= 4 is 11.7 Å². The lowest BCUT2D eigenvalue weighted by molar-refractivity contribution is -0.156. The van der Waals surface area contributed by atoms with E-state index in [2.05, 4.69) is 15.4 Å². The van der Waals surface area contributed by atoms with Gasteiger partial charge < -0.3 is 23.5 Å². The van der Waals surface area contributed by atoms with Crippen LogP contribution in [0.3, 0.4) is 0 Å². The van der Waals surface area contributed by atoms with E-state index in [4.69, 9.17) is 23.5 Å². The van der Waals surface area contributed by atoms with Crippen molar-refractivity contribution in [2.45, 2.75) is 39.7 Å². The molecule has 35 heavy (non-hydrogen) atoms. The Hall–Kier alpha value is -3.72. The predicted octanol–water partition coefficient (Wildman–Crippen LogP) is 4.46. The molecule has 0 aliphatic rings. The molecular weight excluding hydrogens is 450 g/mol. The molecule has 0 aliphatic heterocycles. The van der Waals surface area contributed by atoms with Gasteiger partial charge >= 0.3 is 5.97 Å². The summed E-state index contributed by atoms with van der Waals surface area (Å²) < 4.78 is 22.3. The van der Waals surface area contributed by atoms with Crippen molar-refractivity contribution < 1.29 is 28.3 Å². The third-order valence-electron chi connectivity index (χ3n) is 4.80. The van der Waals surface area contributed by atoms with E-state index >= 15 is 0 Å². The molecule has 0 saturated carbocycles. The second kappa shape index (κ2) is 13.9. The van der Waals surface area contributed by atoms with Crippen LogP contribution in [0.15, 0.2) is 64.2 Å². The highest BCUT2D eigenvalue weighted by Gasteiger charge is 2.21. The summed E-state index contributed by atoms with van der Waals surface area (Å²) in [4.78, 5) is 17.5. The maximum absolute atomic E-state index is 12.1. The van der Waals surface area contributed by atoms with Crippen molar-refractivity contribution in [3.05, 3.63) is 66.1 Å². The molecule has 1 heterocycles. The molecule has 9 nitrogen and oxygen atoms in total. The molecule has 186 valence electrons. The Morgan fingerprint density at radius 2 is 1.77 bits per heavy atom. The van der Waals surface area contributed by atoms with Crippen LogP contribution < -0.4 is 4.74 Å². The Morgan fingerprint density at radius 1 is 1.00 bits per heavy atom. The van der Waals surface area contributed by atoms with Crippen molar-refractivity contribution in [3.8, 4) is 17.2 Å². The lowest BCUT2D eigenvalue weighted by Gasteiger charge is -2.15. The molecule has 0 fully saturated rings. The largest absolute Gasteiger partial charge is 0.487 e. The molecule has 0 bridgehead atoms. The van der Waals surface area contributed by atoms with Crippen LogP contribution >= 0.6 is 0 Å². The lowest BCUT2D eigenvalue weighted by atomic mass is 10.1. The van der Waals surface area contributed by atoms with Crippen LogP contribution in [0, 0.1) is 0 Å². The monoisotopic (exact) mass is 481 g/mol. The zero-order valence-electron chi connectivity index (χ0n) is 20.3. The first kappa shape index (κ1) is 25.9. The van der Waals surface area contributed by atoms with Gasteiger partial charge in [-0.1, -0.05) is 42.4 Å². The third-order valence-corrected chi connectivity index (χ3v) is 4.80. The zero-order valence-corrected chi connectivity index (χ0v) is 20.3. The number of nitrogens with zero attached hydrogens (tertiary/aromatic N) is 3. The fourth-order valence-corrected chi connectivity index (χ4v) is 3.11. The Balaban J connectivity index is 1.66. The number of ether oxygens (including phenoxy) is 3. The Morgan fingerprint density at radius 3 is 2.46 bits per heavy atom. The van der Waals surface area contributed by atoms with Gasteiger partial charge in [0.15, 0.2) is 11.8 Å². The Bertz CT molecular complexity index is 1070. The van der Waals surface area contributed by atoms with Gasteiger partial charge in [0.25, 0.3) is 5.89 Å². The van der Waals surface area contributed by atoms with Crippen molar-refractivity contribution in [3.63, 3.8) is 0 Å². The number of oxime groups is 1. The summed E-state index contributed by atoms with van der Waals surface area (Å²) in [6.45, 7) is 6.88. The van der Waals surface area contributed by atoms with Crippen LogP contribution in [-0.2, 0) is 25.5 Å². The van der Waals surface area contributed by atoms with Crippen molar-refractivity contribution in [2.75, 3.05) is 26.4 Å². The number of hydrogen-bond acceptors (Lipinski definition) is 9. The highest BCUT2D eigenvalue weighted by molar-refractivity contribution is 5.97. The van der Waals surface area contributed by atoms with Crippen LogP contribution in [0.4, 0.5) is 0 Å². The molecule has 2 aromatic carbocycles. The molecular formula is C26H31N3O6. The van der Waals surface area contributed by atoms with E-state index in [1.54, 1.807) is 6.92 Å². The highest BCUT2D eigenvalue weighted by atomic mass is 16.6. The summed E-state index contributed by atoms with van der Waals surface area (Å²) in [7, 11) is 0. The van der Waals surface area contributed by atoms with Gasteiger partial charge in [-0.3, -0.25) is 0 Å². The van der Waals surface area contributed by atoms with Crippen molar-refractivity contribution in [1.29, 1.82) is 0 Å². The van der Waals surface area contributed by atoms with E-state index in [0.717, 1.165) is 17.5 Å². The average molecular weight is 482 g/mol. The van der Waals surface area contributed by atoms with Gasteiger partial charge in [0, 0.05) is 18.6 Å². The summed E-state index contributed by atoms with van der Waals surface area (Å²) in [6, 6.07) is 16.9. The van der Waals surface area contributed by atoms with Crippen LogP contribution in [0.25, 0.3) is 11.5 Å². The molecule has 1 unspecified atom stereocenters. The highest BCUT2D eigenvalue weighted by Crippen LogP contribution is 2.19. The first-order valence-corrected chi connectivity index (χ1v) is 11.7. The molecule has 1 aromatic heterocycles. The second-order valence-electron chi connectivity index (χ2n) is 7.48. The minimum absolute atomic E-state index is 0.0733. The number of rotatable bonds is 14. The second-order valence-corrected chi connectivity index (χ2v) is 7.48. The van der Waals surface area contributed by atoms with E-state index in [0.29, 0.717) is 43.6 Å². The Labute approximate surface area is 205 Å². The quantitative estimate of drug-likeness (QED) is 0.144. The first-order valence-electron chi connectivity index (χ1n) is 11.7. The van der Waals surface area contributed by atoms with E-state index in [-0.39, 0.29) is 18.5 Å². The van der Waals surface area contributed by atoms with E-state index in [9.17, 15) is 4.79 Å². The molecule has 1 atom stereocenters. The molecule has 3 aromatic rings. The molecule has 9 heteroatoms. The molecule has 0 N–H and O–H groups in total. The smallest absolute Gasteiger partial charge is 0.335 e.